The van der Waals surface area contributed by atoms with Crippen molar-refractivity contribution >= 4 is 5.82 Å². The van der Waals surface area contributed by atoms with Crippen LogP contribution in [0, 0.1) is 12.8 Å². The third kappa shape index (κ3) is 4.39. The Morgan fingerprint density at radius 3 is 2.86 bits per heavy atom. The Kier molecular flexibility index (Phi) is 5.10. The first-order valence-corrected chi connectivity index (χ1v) is 9.30. The lowest BCUT2D eigenvalue weighted by molar-refractivity contribution is 0.284. The lowest BCUT2D eigenvalue weighted by atomic mass is 10.2. The van der Waals surface area contributed by atoms with E-state index in [1.54, 1.807) is 18.0 Å². The van der Waals surface area contributed by atoms with Gasteiger partial charge >= 0.3 is 0 Å². The Morgan fingerprint density at radius 2 is 2.14 bits per heavy atom. The molecule has 3 aromatic heterocycles. The monoisotopic (exact) mass is 380 g/mol. The highest BCUT2D eigenvalue weighted by molar-refractivity contribution is 5.39. The van der Waals surface area contributed by atoms with Gasteiger partial charge in [0.2, 0.25) is 5.88 Å². The van der Waals surface area contributed by atoms with Crippen molar-refractivity contribution in [1.82, 2.24) is 24.7 Å². The molecule has 0 aliphatic heterocycles. The van der Waals surface area contributed by atoms with Crippen molar-refractivity contribution in [2.45, 2.75) is 25.8 Å². The summed E-state index contributed by atoms with van der Waals surface area (Å²) in [5, 5.41) is 7.47. The van der Waals surface area contributed by atoms with Gasteiger partial charge in [-0.2, -0.15) is 10.1 Å². The van der Waals surface area contributed by atoms with Crippen molar-refractivity contribution in [2.75, 3.05) is 19.0 Å². The molecular weight excluding hydrogens is 356 g/mol. The third-order valence-corrected chi connectivity index (χ3v) is 4.79. The Labute approximate surface area is 164 Å². The molecule has 1 N–H and O–H groups in total. The minimum atomic E-state index is 0.442. The van der Waals surface area contributed by atoms with E-state index in [-0.39, 0.29) is 0 Å². The summed E-state index contributed by atoms with van der Waals surface area (Å²) < 4.78 is 12.9. The molecule has 1 aliphatic carbocycles. The number of aromatic nitrogens is 5. The molecular formula is C20H24N6O2. The minimum absolute atomic E-state index is 0.442. The highest BCUT2D eigenvalue weighted by Crippen LogP contribution is 2.46. The van der Waals surface area contributed by atoms with Crippen molar-refractivity contribution in [3.05, 3.63) is 53.9 Å². The van der Waals surface area contributed by atoms with E-state index >= 15 is 0 Å². The van der Waals surface area contributed by atoms with Gasteiger partial charge in [-0.1, -0.05) is 0 Å². The molecule has 0 amide bonds. The van der Waals surface area contributed by atoms with Gasteiger partial charge in [-0.05, 0) is 25.5 Å². The summed E-state index contributed by atoms with van der Waals surface area (Å²) >= 11 is 0. The standard InChI is InChI=1S/C20H24N6O2/c1-13-24-19(22-8-14-9-23-26(2)11-14)7-20(25-13)28-12-15-6-17(15)18-5-4-16(27-3)10-21-18/h4-5,7,9-11,15,17H,6,8,12H2,1-3H3,(H,22,24,25)/t15-,17+/m1/s1. The number of anilines is 1. The molecule has 0 bridgehead atoms. The van der Waals surface area contributed by atoms with E-state index in [1.165, 1.54) is 0 Å². The molecule has 2 atom stereocenters. The zero-order chi connectivity index (χ0) is 19.5. The molecule has 0 spiro atoms. The molecule has 8 nitrogen and oxygen atoms in total. The van der Waals surface area contributed by atoms with Gasteiger partial charge in [-0.15, -0.1) is 0 Å². The normalized spacial score (nSPS) is 18.0. The zero-order valence-corrected chi connectivity index (χ0v) is 16.3. The summed E-state index contributed by atoms with van der Waals surface area (Å²) in [4.78, 5) is 13.3. The quantitative estimate of drug-likeness (QED) is 0.643. The molecule has 0 saturated heterocycles. The van der Waals surface area contributed by atoms with E-state index in [1.807, 2.05) is 44.6 Å². The molecule has 4 rings (SSSR count). The van der Waals surface area contributed by atoms with Gasteiger partial charge in [0.1, 0.15) is 17.4 Å². The average Bonchev–Trinajstić information content (AvgIpc) is 3.36. The predicted octanol–water partition coefficient (Wildman–Crippen LogP) is 2.72. The zero-order valence-electron chi connectivity index (χ0n) is 16.3. The summed E-state index contributed by atoms with van der Waals surface area (Å²) in [6, 6.07) is 5.82. The van der Waals surface area contributed by atoms with Crippen LogP contribution in [0.3, 0.4) is 0 Å². The van der Waals surface area contributed by atoms with Crippen LogP contribution in [0.25, 0.3) is 0 Å². The van der Waals surface area contributed by atoms with Crippen molar-refractivity contribution in [1.29, 1.82) is 0 Å². The molecule has 28 heavy (non-hydrogen) atoms. The van der Waals surface area contributed by atoms with Gasteiger partial charge in [-0.25, -0.2) is 4.98 Å². The number of nitrogens with zero attached hydrogens (tertiary/aromatic N) is 5. The maximum Gasteiger partial charge on any atom is 0.218 e. The fourth-order valence-electron chi connectivity index (χ4n) is 3.18. The van der Waals surface area contributed by atoms with Gasteiger partial charge in [0.25, 0.3) is 0 Å². The van der Waals surface area contributed by atoms with Crippen LogP contribution in [-0.4, -0.2) is 38.4 Å². The van der Waals surface area contributed by atoms with Crippen molar-refractivity contribution in [3.63, 3.8) is 0 Å². The number of ether oxygens (including phenoxy) is 2. The molecule has 1 fully saturated rings. The number of hydrogen-bond acceptors (Lipinski definition) is 7. The molecule has 8 heteroatoms. The van der Waals surface area contributed by atoms with E-state index in [0.717, 1.165) is 29.2 Å². The molecule has 1 aliphatic rings. The van der Waals surface area contributed by atoms with E-state index in [0.29, 0.717) is 36.7 Å². The SMILES string of the molecule is COc1ccc([C@H]2C[C@@H]2COc2cc(NCc3cnn(C)c3)nc(C)n2)nc1. The van der Waals surface area contributed by atoms with Crippen LogP contribution in [0.2, 0.25) is 0 Å². The van der Waals surface area contributed by atoms with Crippen LogP contribution in [0.1, 0.15) is 29.4 Å². The van der Waals surface area contributed by atoms with Crippen molar-refractivity contribution in [3.8, 4) is 11.6 Å². The molecule has 1 saturated carbocycles. The van der Waals surface area contributed by atoms with Crippen molar-refractivity contribution in [2.24, 2.45) is 13.0 Å². The smallest absolute Gasteiger partial charge is 0.218 e. The Bertz CT molecular complexity index is 940. The predicted molar refractivity (Wildman–Crippen MR) is 104 cm³/mol. The van der Waals surface area contributed by atoms with Crippen LogP contribution >= 0.6 is 0 Å². The summed E-state index contributed by atoms with van der Waals surface area (Å²) in [7, 11) is 3.55. The number of methoxy groups -OCH3 is 1. The number of rotatable bonds is 8. The van der Waals surface area contributed by atoms with Crippen LogP contribution in [0.15, 0.2) is 36.8 Å². The summed E-state index contributed by atoms with van der Waals surface area (Å²) in [5.74, 6) is 3.69. The summed E-state index contributed by atoms with van der Waals surface area (Å²) in [5.41, 5.74) is 2.18. The van der Waals surface area contributed by atoms with Crippen LogP contribution in [0.4, 0.5) is 5.82 Å². The van der Waals surface area contributed by atoms with Crippen LogP contribution in [-0.2, 0) is 13.6 Å². The fraction of sp³-hybridized carbons (Fsp3) is 0.400. The number of aryl methyl sites for hydroxylation is 2. The second-order valence-electron chi connectivity index (χ2n) is 7.05. The van der Waals surface area contributed by atoms with Gasteiger partial charge < -0.3 is 14.8 Å². The van der Waals surface area contributed by atoms with Gasteiger partial charge in [0, 0.05) is 48.9 Å². The highest BCUT2D eigenvalue weighted by Gasteiger charge is 2.40. The number of hydrogen-bond donors (Lipinski definition) is 1. The first-order valence-electron chi connectivity index (χ1n) is 9.30. The molecule has 3 aromatic rings. The Hall–Kier alpha value is -3.16. The lowest BCUT2D eigenvalue weighted by Gasteiger charge is -2.09. The Balaban J connectivity index is 1.31. The largest absolute Gasteiger partial charge is 0.495 e. The minimum Gasteiger partial charge on any atom is -0.495 e. The van der Waals surface area contributed by atoms with E-state index < -0.39 is 0 Å². The van der Waals surface area contributed by atoms with E-state index in [9.17, 15) is 0 Å². The van der Waals surface area contributed by atoms with Crippen molar-refractivity contribution < 1.29 is 9.47 Å². The van der Waals surface area contributed by atoms with Crippen LogP contribution in [0.5, 0.6) is 11.6 Å². The number of pyridine rings is 1. The second-order valence-corrected chi connectivity index (χ2v) is 7.05. The summed E-state index contributed by atoms with van der Waals surface area (Å²) in [6.45, 7) is 3.14. The fourth-order valence-corrected chi connectivity index (χ4v) is 3.18. The number of nitrogens with one attached hydrogen (secondary N) is 1. The average molecular weight is 380 g/mol. The van der Waals surface area contributed by atoms with Crippen LogP contribution < -0.4 is 14.8 Å². The molecule has 0 aromatic carbocycles. The molecule has 146 valence electrons. The first-order chi connectivity index (χ1) is 13.6. The maximum atomic E-state index is 5.94. The van der Waals surface area contributed by atoms with Gasteiger partial charge in [0.15, 0.2) is 0 Å². The summed E-state index contributed by atoms with van der Waals surface area (Å²) in [6.07, 6.45) is 6.65. The molecule has 0 radical (unpaired) electrons. The second kappa shape index (κ2) is 7.84. The molecule has 3 heterocycles. The Morgan fingerprint density at radius 1 is 1.25 bits per heavy atom. The highest BCUT2D eigenvalue weighted by atomic mass is 16.5. The topological polar surface area (TPSA) is 87.0 Å². The molecule has 0 unspecified atom stereocenters. The van der Waals surface area contributed by atoms with E-state index in [4.69, 9.17) is 9.47 Å². The first kappa shape index (κ1) is 18.2. The van der Waals surface area contributed by atoms with Gasteiger partial charge in [-0.3, -0.25) is 9.67 Å². The van der Waals surface area contributed by atoms with E-state index in [2.05, 4.69) is 25.4 Å². The maximum absolute atomic E-state index is 5.94. The van der Waals surface area contributed by atoms with Gasteiger partial charge in [0.05, 0.1) is 26.1 Å². The third-order valence-electron chi connectivity index (χ3n) is 4.79. The lowest BCUT2D eigenvalue weighted by Crippen LogP contribution is -2.07.